The zero-order chi connectivity index (χ0) is 30.4. The number of fused-ring (bicyclic) bond motifs is 5. The summed E-state index contributed by atoms with van der Waals surface area (Å²) in [6.07, 6.45) is 8.43. The lowest BCUT2D eigenvalue weighted by Crippen LogP contribution is -2.37. The Kier molecular flexibility index (Phi) is 5.96. The van der Waals surface area contributed by atoms with Crippen LogP contribution in [-0.2, 0) is 6.42 Å². The third-order valence-electron chi connectivity index (χ3n) is 9.87. The van der Waals surface area contributed by atoms with Crippen LogP contribution in [0, 0.1) is 17.6 Å². The van der Waals surface area contributed by atoms with Crippen molar-refractivity contribution in [1.82, 2.24) is 19.5 Å². The van der Waals surface area contributed by atoms with Gasteiger partial charge in [-0.05, 0) is 43.4 Å². The minimum absolute atomic E-state index is 0.122. The second kappa shape index (κ2) is 9.71. The molecule has 4 aromatic rings. The van der Waals surface area contributed by atoms with Gasteiger partial charge in [-0.25, -0.2) is 23.2 Å². The summed E-state index contributed by atoms with van der Waals surface area (Å²) in [4.78, 5) is 39.4. The van der Waals surface area contributed by atoms with Gasteiger partial charge in [0.1, 0.15) is 5.56 Å². The molecule has 1 unspecified atom stereocenters. The van der Waals surface area contributed by atoms with Gasteiger partial charge in [-0.1, -0.05) is 0 Å². The number of hydrogen-bond donors (Lipinski definition) is 3. The molecule has 226 valence electrons. The Morgan fingerprint density at radius 2 is 1.89 bits per heavy atom. The van der Waals surface area contributed by atoms with Crippen LogP contribution in [0.15, 0.2) is 35.5 Å². The van der Waals surface area contributed by atoms with Crippen LogP contribution in [0.25, 0.3) is 33.3 Å². The number of carboxylic acids is 1. The van der Waals surface area contributed by atoms with Crippen molar-refractivity contribution in [3.8, 4) is 22.3 Å². The molecule has 2 aliphatic heterocycles. The molecule has 0 amide bonds. The number of rotatable bonds is 6. The molecule has 4 aliphatic rings. The van der Waals surface area contributed by atoms with Crippen molar-refractivity contribution in [2.24, 2.45) is 5.92 Å². The van der Waals surface area contributed by atoms with Crippen LogP contribution in [0.5, 0.6) is 0 Å². The number of halogens is 2. The van der Waals surface area contributed by atoms with E-state index in [4.69, 9.17) is 4.98 Å². The first-order chi connectivity index (χ1) is 21.3. The van der Waals surface area contributed by atoms with Gasteiger partial charge in [-0.3, -0.25) is 14.7 Å². The molecular weight excluding hydrogens is 568 g/mol. The molecule has 2 aliphatic carbocycles. The molecule has 5 heterocycles. The van der Waals surface area contributed by atoms with Gasteiger partial charge < -0.3 is 20.7 Å². The quantitative estimate of drug-likeness (QED) is 0.267. The van der Waals surface area contributed by atoms with Gasteiger partial charge in [0.05, 0.1) is 16.8 Å². The van der Waals surface area contributed by atoms with Crippen LogP contribution in [0.4, 0.5) is 20.2 Å². The molecule has 0 radical (unpaired) electrons. The highest BCUT2D eigenvalue weighted by molar-refractivity contribution is 5.98. The first-order valence-corrected chi connectivity index (χ1v) is 15.0. The Bertz CT molecular complexity index is 1960. The van der Waals surface area contributed by atoms with Crippen molar-refractivity contribution >= 4 is 28.4 Å². The SMILES string of the molecule is CNc1cc(F)c(F)c2c1Cc1ncc(-c3cnc4c(c3)c(=O)c(C(=O)O)cn4NC)c(N3CC4[C@H](CCN4C4CC4)C3)c1-2. The van der Waals surface area contributed by atoms with Crippen LogP contribution >= 0.6 is 0 Å². The van der Waals surface area contributed by atoms with E-state index in [2.05, 4.69) is 25.5 Å². The van der Waals surface area contributed by atoms with Crippen molar-refractivity contribution in [3.05, 3.63) is 69.4 Å². The van der Waals surface area contributed by atoms with E-state index in [0.717, 1.165) is 31.7 Å². The number of aromatic carboxylic acids is 1. The van der Waals surface area contributed by atoms with Gasteiger partial charge in [0, 0.05) is 98.3 Å². The Hall–Kier alpha value is -4.58. The number of anilines is 2. The molecule has 0 spiro atoms. The monoisotopic (exact) mass is 599 g/mol. The third-order valence-corrected chi connectivity index (χ3v) is 9.87. The molecule has 12 heteroatoms. The molecule has 0 bridgehead atoms. The minimum Gasteiger partial charge on any atom is -0.477 e. The third kappa shape index (κ3) is 3.86. The average molecular weight is 600 g/mol. The lowest BCUT2D eigenvalue weighted by Gasteiger charge is -2.28. The maximum absolute atomic E-state index is 15.8. The summed E-state index contributed by atoms with van der Waals surface area (Å²) in [5.74, 6) is -2.73. The van der Waals surface area contributed by atoms with Gasteiger partial charge in [0.25, 0.3) is 0 Å². The van der Waals surface area contributed by atoms with Crippen LogP contribution in [-0.4, -0.2) is 76.4 Å². The van der Waals surface area contributed by atoms with Gasteiger partial charge in [0.2, 0.25) is 5.43 Å². The fourth-order valence-corrected chi connectivity index (χ4v) is 7.69. The van der Waals surface area contributed by atoms with E-state index >= 15 is 8.78 Å². The number of nitrogens with zero attached hydrogens (tertiary/aromatic N) is 5. The second-order valence-corrected chi connectivity index (χ2v) is 12.2. The fraction of sp³-hybridized carbons (Fsp3) is 0.375. The van der Waals surface area contributed by atoms with E-state index in [-0.39, 0.29) is 16.6 Å². The predicted octanol–water partition coefficient (Wildman–Crippen LogP) is 3.89. The number of aromatic nitrogens is 3. The van der Waals surface area contributed by atoms with Crippen molar-refractivity contribution in [2.45, 2.75) is 37.8 Å². The van der Waals surface area contributed by atoms with Gasteiger partial charge >= 0.3 is 5.97 Å². The predicted molar refractivity (Wildman–Crippen MR) is 163 cm³/mol. The maximum atomic E-state index is 15.8. The van der Waals surface area contributed by atoms with Crippen molar-refractivity contribution in [1.29, 1.82) is 0 Å². The molecule has 44 heavy (non-hydrogen) atoms. The summed E-state index contributed by atoms with van der Waals surface area (Å²) >= 11 is 0. The molecule has 3 aromatic heterocycles. The fourth-order valence-electron chi connectivity index (χ4n) is 7.69. The summed E-state index contributed by atoms with van der Waals surface area (Å²) < 4.78 is 32.2. The summed E-state index contributed by atoms with van der Waals surface area (Å²) in [6, 6.07) is 3.82. The number of hydrogen-bond acceptors (Lipinski definition) is 8. The van der Waals surface area contributed by atoms with Gasteiger partial charge in [-0.15, -0.1) is 0 Å². The molecule has 8 rings (SSSR count). The molecule has 10 nitrogen and oxygen atoms in total. The van der Waals surface area contributed by atoms with Gasteiger partial charge in [0.15, 0.2) is 17.3 Å². The largest absolute Gasteiger partial charge is 0.477 e. The van der Waals surface area contributed by atoms with Crippen molar-refractivity contribution < 1.29 is 18.7 Å². The number of benzene rings is 1. The smallest absolute Gasteiger partial charge is 0.341 e. The zero-order valence-corrected chi connectivity index (χ0v) is 24.3. The first kappa shape index (κ1) is 27.0. The first-order valence-electron chi connectivity index (χ1n) is 15.0. The number of carbonyl (C=O) groups is 1. The maximum Gasteiger partial charge on any atom is 0.341 e. The highest BCUT2D eigenvalue weighted by Gasteiger charge is 2.47. The lowest BCUT2D eigenvalue weighted by molar-refractivity contribution is 0.0695. The summed E-state index contributed by atoms with van der Waals surface area (Å²) in [7, 11) is 3.29. The highest BCUT2D eigenvalue weighted by atomic mass is 19.2. The van der Waals surface area contributed by atoms with Crippen LogP contribution in [0.3, 0.4) is 0 Å². The normalized spacial score (nSPS) is 20.6. The molecule has 3 fully saturated rings. The number of nitrogens with one attached hydrogen (secondary N) is 2. The second-order valence-electron chi connectivity index (χ2n) is 12.2. The summed E-state index contributed by atoms with van der Waals surface area (Å²) in [5, 5.41) is 12.8. The molecule has 2 atom stereocenters. The average Bonchev–Trinajstić information content (AvgIpc) is 3.47. The minimum atomic E-state index is -1.34. The molecule has 3 N–H and O–H groups in total. The topological polar surface area (TPSA) is 116 Å². The van der Waals surface area contributed by atoms with Gasteiger partial charge in [-0.2, -0.15) is 0 Å². The standard InChI is InChI=1S/C32H31F2N7O3/c1-35-23-9-22(33)28(34)26-18(23)8-24-27(26)29(39-12-15-5-6-40(17-3-4-17)25(15)14-39)20(11-37-24)16-7-19-30(42)21(32(43)44)13-41(36-2)31(19)38-10-16/h7,9-11,13,15,17,25,35-36H,3-6,8,12,14H2,1-2H3,(H,43,44)/t15-,25?/m1/s1. The summed E-state index contributed by atoms with van der Waals surface area (Å²) in [5.41, 5.74) is 6.62. The Morgan fingerprint density at radius 1 is 1.07 bits per heavy atom. The Labute approximate surface area is 251 Å². The van der Waals surface area contributed by atoms with E-state index in [9.17, 15) is 14.7 Å². The van der Waals surface area contributed by atoms with Crippen LogP contribution in [0.2, 0.25) is 0 Å². The molecular formula is C32H31F2N7O3. The summed E-state index contributed by atoms with van der Waals surface area (Å²) in [6.45, 7) is 2.59. The van der Waals surface area contributed by atoms with E-state index in [0.29, 0.717) is 58.1 Å². The van der Waals surface area contributed by atoms with Crippen molar-refractivity contribution in [2.75, 3.05) is 49.4 Å². The van der Waals surface area contributed by atoms with E-state index in [1.165, 1.54) is 29.8 Å². The van der Waals surface area contributed by atoms with E-state index in [1.54, 1.807) is 32.6 Å². The van der Waals surface area contributed by atoms with Crippen molar-refractivity contribution in [3.63, 3.8) is 0 Å². The number of pyridine rings is 3. The highest BCUT2D eigenvalue weighted by Crippen LogP contribution is 2.52. The Balaban J connectivity index is 1.36. The van der Waals surface area contributed by atoms with E-state index in [1.807, 2.05) is 0 Å². The molecule has 2 saturated heterocycles. The van der Waals surface area contributed by atoms with E-state index < -0.39 is 28.6 Å². The Morgan fingerprint density at radius 3 is 2.61 bits per heavy atom. The zero-order valence-electron chi connectivity index (χ0n) is 24.3. The molecule has 1 aromatic carbocycles. The number of carboxylic acid groups (broad SMARTS) is 1. The number of likely N-dealkylation sites (tertiary alicyclic amines) is 1. The lowest BCUT2D eigenvalue weighted by atomic mass is 9.97. The van der Waals surface area contributed by atoms with Crippen LogP contribution in [0.1, 0.15) is 40.9 Å². The van der Waals surface area contributed by atoms with Crippen LogP contribution < -0.4 is 21.1 Å². The molecule has 1 saturated carbocycles.